The number of rotatable bonds is 12. The van der Waals surface area contributed by atoms with Gasteiger partial charge in [-0.15, -0.1) is 0 Å². The SMILES string of the molecule is COC[C@H](NC(C)=O)C(=O)N[C@@H](CCC(=O)C=N)C(=O)NCc1ccc(F)cc1. The van der Waals surface area contributed by atoms with E-state index in [1.54, 1.807) is 0 Å². The van der Waals surface area contributed by atoms with Gasteiger partial charge in [-0.2, -0.15) is 0 Å². The lowest BCUT2D eigenvalue weighted by atomic mass is 10.1. The highest BCUT2D eigenvalue weighted by atomic mass is 19.1. The van der Waals surface area contributed by atoms with E-state index < -0.39 is 41.4 Å². The number of amides is 3. The first-order valence-electron chi connectivity index (χ1n) is 8.88. The predicted octanol–water partition coefficient (Wildman–Crippen LogP) is 0.0767. The molecule has 0 aromatic heterocycles. The number of carbonyl (C=O) groups is 4. The fraction of sp³-hybridized carbons (Fsp3) is 0.421. The highest BCUT2D eigenvalue weighted by Crippen LogP contribution is 2.04. The Balaban J connectivity index is 2.81. The van der Waals surface area contributed by atoms with Crippen LogP contribution in [0.2, 0.25) is 0 Å². The predicted molar refractivity (Wildman–Crippen MR) is 103 cm³/mol. The van der Waals surface area contributed by atoms with Crippen LogP contribution in [0, 0.1) is 11.2 Å². The summed E-state index contributed by atoms with van der Waals surface area (Å²) < 4.78 is 17.9. The van der Waals surface area contributed by atoms with Gasteiger partial charge in [0.2, 0.25) is 17.7 Å². The molecule has 2 atom stereocenters. The first kappa shape index (κ1) is 23.9. The molecule has 3 amide bonds. The molecule has 0 saturated heterocycles. The average molecular weight is 408 g/mol. The molecule has 1 aromatic carbocycles. The number of halogens is 1. The third-order valence-corrected chi connectivity index (χ3v) is 3.88. The van der Waals surface area contributed by atoms with E-state index in [0.29, 0.717) is 11.8 Å². The zero-order chi connectivity index (χ0) is 21.8. The summed E-state index contributed by atoms with van der Waals surface area (Å²) in [6, 6.07) is 3.45. The van der Waals surface area contributed by atoms with E-state index >= 15 is 0 Å². The Morgan fingerprint density at radius 1 is 1.10 bits per heavy atom. The second-order valence-electron chi connectivity index (χ2n) is 6.26. The van der Waals surface area contributed by atoms with Crippen LogP contribution in [0.25, 0.3) is 0 Å². The summed E-state index contributed by atoms with van der Waals surface area (Å²) in [5, 5.41) is 14.5. The number of Topliss-reactive ketones (excluding diaryl/α,β-unsaturated/α-hetero) is 1. The normalized spacial score (nSPS) is 12.4. The van der Waals surface area contributed by atoms with Gasteiger partial charge in [0.05, 0.1) is 12.8 Å². The number of hydrogen-bond donors (Lipinski definition) is 4. The Hall–Kier alpha value is -3.14. The lowest BCUT2D eigenvalue weighted by molar-refractivity contribution is -0.133. The Morgan fingerprint density at radius 3 is 2.31 bits per heavy atom. The molecule has 0 fully saturated rings. The molecule has 0 saturated carbocycles. The van der Waals surface area contributed by atoms with Crippen molar-refractivity contribution in [2.75, 3.05) is 13.7 Å². The van der Waals surface area contributed by atoms with Crippen molar-refractivity contribution in [2.45, 2.75) is 38.4 Å². The molecule has 29 heavy (non-hydrogen) atoms. The van der Waals surface area contributed by atoms with Gasteiger partial charge in [0, 0.05) is 27.0 Å². The van der Waals surface area contributed by atoms with Crippen molar-refractivity contribution >= 4 is 29.7 Å². The van der Waals surface area contributed by atoms with E-state index in [-0.39, 0.29) is 26.0 Å². The van der Waals surface area contributed by atoms with E-state index in [1.165, 1.54) is 38.3 Å². The van der Waals surface area contributed by atoms with Crippen molar-refractivity contribution < 1.29 is 28.3 Å². The van der Waals surface area contributed by atoms with Gasteiger partial charge in [-0.3, -0.25) is 19.2 Å². The topological polar surface area (TPSA) is 137 Å². The van der Waals surface area contributed by atoms with Crippen LogP contribution in [-0.2, 0) is 30.5 Å². The summed E-state index contributed by atoms with van der Waals surface area (Å²) in [5.41, 5.74) is 0.649. The Kier molecular flexibility index (Phi) is 10.2. The molecule has 0 aliphatic heterocycles. The van der Waals surface area contributed by atoms with Gasteiger partial charge in [-0.25, -0.2) is 4.39 Å². The molecule has 0 spiro atoms. The van der Waals surface area contributed by atoms with Crippen molar-refractivity contribution in [3.8, 4) is 0 Å². The van der Waals surface area contributed by atoms with Gasteiger partial charge < -0.3 is 26.1 Å². The Bertz CT molecular complexity index is 739. The molecule has 0 bridgehead atoms. The van der Waals surface area contributed by atoms with Gasteiger partial charge in [0.25, 0.3) is 0 Å². The number of hydrogen-bond acceptors (Lipinski definition) is 6. The minimum absolute atomic E-state index is 0.0328. The number of ether oxygens (including phenoxy) is 1. The van der Waals surface area contributed by atoms with Crippen LogP contribution in [0.4, 0.5) is 4.39 Å². The molecule has 0 aliphatic rings. The van der Waals surface area contributed by atoms with Crippen LogP contribution < -0.4 is 16.0 Å². The number of carbonyl (C=O) groups excluding carboxylic acids is 4. The van der Waals surface area contributed by atoms with Crippen molar-refractivity contribution in [1.29, 1.82) is 5.41 Å². The maximum atomic E-state index is 13.0. The number of ketones is 1. The van der Waals surface area contributed by atoms with E-state index in [2.05, 4.69) is 16.0 Å². The van der Waals surface area contributed by atoms with Crippen molar-refractivity contribution in [3.05, 3.63) is 35.6 Å². The largest absolute Gasteiger partial charge is 0.382 e. The number of nitrogens with one attached hydrogen (secondary N) is 4. The summed E-state index contributed by atoms with van der Waals surface area (Å²) in [4.78, 5) is 47.7. The van der Waals surface area contributed by atoms with Crippen molar-refractivity contribution in [2.24, 2.45) is 0 Å². The van der Waals surface area contributed by atoms with E-state index in [4.69, 9.17) is 10.1 Å². The zero-order valence-electron chi connectivity index (χ0n) is 16.3. The summed E-state index contributed by atoms with van der Waals surface area (Å²) in [6.07, 6.45) is 0.489. The molecule has 9 nitrogen and oxygen atoms in total. The second-order valence-corrected chi connectivity index (χ2v) is 6.26. The quantitative estimate of drug-likeness (QED) is 0.363. The molecule has 0 radical (unpaired) electrons. The molecule has 1 aromatic rings. The summed E-state index contributed by atoms with van der Waals surface area (Å²) in [6.45, 7) is 1.23. The van der Waals surface area contributed by atoms with Gasteiger partial charge in [-0.1, -0.05) is 12.1 Å². The Morgan fingerprint density at radius 2 is 1.76 bits per heavy atom. The maximum Gasteiger partial charge on any atom is 0.245 e. The third-order valence-electron chi connectivity index (χ3n) is 3.88. The molecule has 4 N–H and O–H groups in total. The monoisotopic (exact) mass is 408 g/mol. The fourth-order valence-corrected chi connectivity index (χ4v) is 2.41. The van der Waals surface area contributed by atoms with E-state index in [9.17, 15) is 23.6 Å². The smallest absolute Gasteiger partial charge is 0.245 e. The van der Waals surface area contributed by atoms with Crippen LogP contribution in [0.5, 0.6) is 0 Å². The second kappa shape index (κ2) is 12.3. The molecule has 0 aliphatic carbocycles. The Labute approximate surface area is 167 Å². The molecule has 10 heteroatoms. The molecule has 1 rings (SSSR count). The number of benzene rings is 1. The van der Waals surface area contributed by atoms with E-state index in [0.717, 1.165) is 0 Å². The van der Waals surface area contributed by atoms with Gasteiger partial charge in [0.1, 0.15) is 17.9 Å². The minimum atomic E-state index is -1.07. The number of methoxy groups -OCH3 is 1. The lowest BCUT2D eigenvalue weighted by Gasteiger charge is -2.22. The first-order chi connectivity index (χ1) is 13.8. The molecule has 0 unspecified atom stereocenters. The highest BCUT2D eigenvalue weighted by molar-refractivity contribution is 6.26. The van der Waals surface area contributed by atoms with Crippen LogP contribution in [0.15, 0.2) is 24.3 Å². The van der Waals surface area contributed by atoms with Crippen molar-refractivity contribution in [3.63, 3.8) is 0 Å². The molecule has 158 valence electrons. The van der Waals surface area contributed by atoms with Crippen LogP contribution in [0.3, 0.4) is 0 Å². The standard InChI is InChI=1S/C19H25FN4O5/c1-12(25)23-17(11-29-2)19(28)24-16(8-7-15(26)9-21)18(27)22-10-13-3-5-14(20)6-4-13/h3-6,9,16-17,21H,7-8,10-11H2,1-2H3,(H,22,27)(H,23,25)(H,24,28)/t16-,17-/m0/s1. The summed E-state index contributed by atoms with van der Waals surface area (Å²) >= 11 is 0. The molecule has 0 heterocycles. The third kappa shape index (κ3) is 9.06. The maximum absolute atomic E-state index is 13.0. The zero-order valence-corrected chi connectivity index (χ0v) is 16.3. The summed E-state index contributed by atoms with van der Waals surface area (Å²) in [7, 11) is 1.36. The average Bonchev–Trinajstić information content (AvgIpc) is 2.69. The minimum Gasteiger partial charge on any atom is -0.382 e. The molecular weight excluding hydrogens is 383 g/mol. The van der Waals surface area contributed by atoms with Gasteiger partial charge in [-0.05, 0) is 24.1 Å². The first-order valence-corrected chi connectivity index (χ1v) is 8.88. The molecular formula is C19H25FN4O5. The summed E-state index contributed by atoms with van der Waals surface area (Å²) in [5.74, 6) is -2.55. The van der Waals surface area contributed by atoms with Crippen molar-refractivity contribution in [1.82, 2.24) is 16.0 Å². The van der Waals surface area contributed by atoms with Crippen LogP contribution >= 0.6 is 0 Å². The lowest BCUT2D eigenvalue weighted by Crippen LogP contribution is -2.54. The van der Waals surface area contributed by atoms with Gasteiger partial charge >= 0.3 is 0 Å². The highest BCUT2D eigenvalue weighted by Gasteiger charge is 2.26. The van der Waals surface area contributed by atoms with E-state index in [1.807, 2.05) is 0 Å². The van der Waals surface area contributed by atoms with Gasteiger partial charge in [0.15, 0.2) is 5.78 Å². The fourth-order valence-electron chi connectivity index (χ4n) is 2.41. The van der Waals surface area contributed by atoms with Crippen LogP contribution in [0.1, 0.15) is 25.3 Å². The van der Waals surface area contributed by atoms with Crippen LogP contribution in [-0.4, -0.2) is 55.5 Å².